The Balaban J connectivity index is 1.34. The zero-order valence-electron chi connectivity index (χ0n) is 20.1. The van der Waals surface area contributed by atoms with Gasteiger partial charge in [0, 0.05) is 23.7 Å². The first-order valence-corrected chi connectivity index (χ1v) is 12.8. The molecule has 4 aromatic rings. The van der Waals surface area contributed by atoms with Gasteiger partial charge in [-0.25, -0.2) is 15.0 Å². The lowest BCUT2D eigenvalue weighted by Crippen LogP contribution is -2.25. The van der Waals surface area contributed by atoms with Crippen molar-refractivity contribution in [2.75, 3.05) is 51.5 Å². The summed E-state index contributed by atoms with van der Waals surface area (Å²) in [5, 5.41) is 5.23. The molecule has 0 radical (unpaired) electrons. The Morgan fingerprint density at radius 3 is 2.58 bits per heavy atom. The van der Waals surface area contributed by atoms with Crippen LogP contribution in [0, 0.1) is 0 Å². The standard InChI is InChI=1S/C25H27ClN6O3S/c1-33-20-12-16-18(13-21(20)34-2)28-14-29-22(16)23-24(27)31-25(36-23)30-15-5-6-19(17(26)11-15)35-10-9-32-7-3-4-8-32/h5-6,11-14H,3-4,7-10,27H2,1-2H3,(H,30,31). The van der Waals surface area contributed by atoms with Gasteiger partial charge in [0.1, 0.15) is 24.5 Å². The Bertz CT molecular complexity index is 1380. The third-order valence-electron chi connectivity index (χ3n) is 6.06. The number of thiazole rings is 1. The summed E-state index contributed by atoms with van der Waals surface area (Å²) < 4.78 is 16.7. The highest BCUT2D eigenvalue weighted by atomic mass is 35.5. The number of hydrogen-bond acceptors (Lipinski definition) is 10. The maximum Gasteiger partial charge on any atom is 0.189 e. The van der Waals surface area contributed by atoms with Crippen LogP contribution < -0.4 is 25.3 Å². The zero-order chi connectivity index (χ0) is 25.1. The molecule has 1 aliphatic rings. The summed E-state index contributed by atoms with van der Waals surface area (Å²) in [6, 6.07) is 9.25. The van der Waals surface area contributed by atoms with Crippen LogP contribution in [0.5, 0.6) is 17.2 Å². The molecule has 188 valence electrons. The van der Waals surface area contributed by atoms with Crippen molar-refractivity contribution in [3.63, 3.8) is 0 Å². The first kappa shape index (κ1) is 24.4. The number of halogens is 1. The Morgan fingerprint density at radius 2 is 1.83 bits per heavy atom. The molecule has 0 spiro atoms. The molecule has 11 heteroatoms. The van der Waals surface area contributed by atoms with Gasteiger partial charge in [0.15, 0.2) is 16.6 Å². The van der Waals surface area contributed by atoms with Crippen LogP contribution in [-0.2, 0) is 0 Å². The molecule has 0 amide bonds. The molecule has 5 rings (SSSR count). The molecule has 0 atom stereocenters. The number of anilines is 3. The number of nitrogen functional groups attached to an aromatic ring is 1. The minimum absolute atomic E-state index is 0.366. The second-order valence-electron chi connectivity index (χ2n) is 8.35. The lowest BCUT2D eigenvalue weighted by molar-refractivity contribution is 0.238. The molecule has 1 saturated heterocycles. The van der Waals surface area contributed by atoms with Crippen molar-refractivity contribution in [3.8, 4) is 27.8 Å². The highest BCUT2D eigenvalue weighted by Gasteiger charge is 2.18. The van der Waals surface area contributed by atoms with Crippen molar-refractivity contribution in [3.05, 3.63) is 41.7 Å². The summed E-state index contributed by atoms with van der Waals surface area (Å²) in [7, 11) is 3.18. The number of rotatable bonds is 9. The van der Waals surface area contributed by atoms with Gasteiger partial charge >= 0.3 is 0 Å². The quantitative estimate of drug-likeness (QED) is 0.303. The minimum Gasteiger partial charge on any atom is -0.493 e. The normalized spacial score (nSPS) is 13.8. The number of nitrogens with two attached hydrogens (primary N) is 1. The third-order valence-corrected chi connectivity index (χ3v) is 7.34. The van der Waals surface area contributed by atoms with Gasteiger partial charge in [0.25, 0.3) is 0 Å². The number of fused-ring (bicyclic) bond motifs is 1. The average Bonchev–Trinajstić information content (AvgIpc) is 3.53. The highest BCUT2D eigenvalue weighted by Crippen LogP contribution is 2.41. The molecule has 3 heterocycles. The van der Waals surface area contributed by atoms with E-state index in [4.69, 9.17) is 31.5 Å². The third kappa shape index (κ3) is 5.11. The molecular weight excluding hydrogens is 500 g/mol. The van der Waals surface area contributed by atoms with Crippen LogP contribution in [0.2, 0.25) is 5.02 Å². The van der Waals surface area contributed by atoms with Crippen LogP contribution >= 0.6 is 22.9 Å². The molecule has 9 nitrogen and oxygen atoms in total. The van der Waals surface area contributed by atoms with E-state index in [1.807, 2.05) is 30.3 Å². The van der Waals surface area contributed by atoms with E-state index in [-0.39, 0.29) is 0 Å². The fourth-order valence-corrected chi connectivity index (χ4v) is 5.38. The van der Waals surface area contributed by atoms with Crippen LogP contribution in [0.3, 0.4) is 0 Å². The van der Waals surface area contributed by atoms with Crippen molar-refractivity contribution in [1.29, 1.82) is 0 Å². The number of nitrogens with one attached hydrogen (secondary N) is 1. The van der Waals surface area contributed by atoms with Gasteiger partial charge in [-0.1, -0.05) is 22.9 Å². The first-order chi connectivity index (χ1) is 17.6. The SMILES string of the molecule is COc1cc2ncnc(-c3sc(Nc4ccc(OCCN5CCCC5)c(Cl)c4)nc3N)c2cc1OC. The van der Waals surface area contributed by atoms with Crippen LogP contribution in [0.4, 0.5) is 16.6 Å². The lowest BCUT2D eigenvalue weighted by Gasteiger charge is -2.15. The number of benzene rings is 2. The molecule has 0 saturated carbocycles. The molecule has 1 fully saturated rings. The maximum absolute atomic E-state index is 6.48. The van der Waals surface area contributed by atoms with E-state index in [0.29, 0.717) is 51.0 Å². The van der Waals surface area contributed by atoms with Crippen molar-refractivity contribution >= 4 is 50.5 Å². The summed E-state index contributed by atoms with van der Waals surface area (Å²) in [6.07, 6.45) is 4.03. The van der Waals surface area contributed by atoms with E-state index in [1.165, 1.54) is 30.5 Å². The van der Waals surface area contributed by atoms with Gasteiger partial charge in [-0.2, -0.15) is 0 Å². The molecule has 0 bridgehead atoms. The summed E-state index contributed by atoms with van der Waals surface area (Å²) in [4.78, 5) is 16.5. The largest absolute Gasteiger partial charge is 0.493 e. The number of hydrogen-bond donors (Lipinski definition) is 2. The molecule has 0 aliphatic carbocycles. The second-order valence-corrected chi connectivity index (χ2v) is 9.75. The fourth-order valence-electron chi connectivity index (χ4n) is 4.23. The Morgan fingerprint density at radius 1 is 1.06 bits per heavy atom. The van der Waals surface area contributed by atoms with Gasteiger partial charge in [0.05, 0.1) is 35.3 Å². The second kappa shape index (κ2) is 10.7. The minimum atomic E-state index is 0.366. The van der Waals surface area contributed by atoms with E-state index in [2.05, 4.69) is 25.2 Å². The molecule has 0 unspecified atom stereocenters. The molecule has 3 N–H and O–H groups in total. The molecule has 1 aliphatic heterocycles. The van der Waals surface area contributed by atoms with Gasteiger partial charge in [0.2, 0.25) is 0 Å². The average molecular weight is 527 g/mol. The maximum atomic E-state index is 6.48. The van der Waals surface area contributed by atoms with E-state index >= 15 is 0 Å². The van der Waals surface area contributed by atoms with Crippen molar-refractivity contribution in [2.24, 2.45) is 0 Å². The van der Waals surface area contributed by atoms with Crippen molar-refractivity contribution < 1.29 is 14.2 Å². The predicted octanol–water partition coefficient (Wildman–Crippen LogP) is 5.22. The number of likely N-dealkylation sites (tertiary alicyclic amines) is 1. The van der Waals surface area contributed by atoms with E-state index in [1.54, 1.807) is 14.2 Å². The van der Waals surface area contributed by atoms with Gasteiger partial charge in [-0.15, -0.1) is 0 Å². The zero-order valence-corrected chi connectivity index (χ0v) is 21.7. The number of nitrogens with zero attached hydrogens (tertiary/aromatic N) is 4. The van der Waals surface area contributed by atoms with E-state index in [0.717, 1.165) is 35.6 Å². The van der Waals surface area contributed by atoms with E-state index in [9.17, 15) is 0 Å². The van der Waals surface area contributed by atoms with Crippen LogP contribution in [0.15, 0.2) is 36.7 Å². The smallest absolute Gasteiger partial charge is 0.189 e. The number of aromatic nitrogens is 3. The van der Waals surface area contributed by atoms with Crippen LogP contribution in [0.25, 0.3) is 21.5 Å². The molecular formula is C25H27ClN6O3S. The Hall–Kier alpha value is -3.34. The van der Waals surface area contributed by atoms with E-state index < -0.39 is 0 Å². The highest BCUT2D eigenvalue weighted by molar-refractivity contribution is 7.19. The van der Waals surface area contributed by atoms with Gasteiger partial charge in [-0.3, -0.25) is 4.90 Å². The Kier molecular flexibility index (Phi) is 7.26. The Labute approximate surface area is 218 Å². The summed E-state index contributed by atoms with van der Waals surface area (Å²) >= 11 is 7.88. The van der Waals surface area contributed by atoms with Crippen LogP contribution in [0.1, 0.15) is 12.8 Å². The monoisotopic (exact) mass is 526 g/mol. The fraction of sp³-hybridized carbons (Fsp3) is 0.320. The lowest BCUT2D eigenvalue weighted by atomic mass is 10.1. The van der Waals surface area contributed by atoms with Crippen LogP contribution in [-0.4, -0.2) is 60.3 Å². The number of methoxy groups -OCH3 is 2. The topological polar surface area (TPSA) is 108 Å². The molecule has 2 aromatic carbocycles. The van der Waals surface area contributed by atoms with Gasteiger partial charge < -0.3 is 25.3 Å². The molecule has 36 heavy (non-hydrogen) atoms. The first-order valence-electron chi connectivity index (χ1n) is 11.6. The summed E-state index contributed by atoms with van der Waals surface area (Å²) in [6.45, 7) is 3.81. The predicted molar refractivity (Wildman–Crippen MR) is 144 cm³/mol. The van der Waals surface area contributed by atoms with Crippen molar-refractivity contribution in [2.45, 2.75) is 12.8 Å². The van der Waals surface area contributed by atoms with Crippen molar-refractivity contribution in [1.82, 2.24) is 19.9 Å². The molecule has 2 aromatic heterocycles. The number of ether oxygens (including phenoxy) is 3. The summed E-state index contributed by atoms with van der Waals surface area (Å²) in [5.41, 5.74) is 8.47. The van der Waals surface area contributed by atoms with Gasteiger partial charge in [-0.05, 0) is 50.2 Å². The summed E-state index contributed by atoms with van der Waals surface area (Å²) in [5.74, 6) is 2.21.